The predicted octanol–water partition coefficient (Wildman–Crippen LogP) is 0.783. The Kier molecular flexibility index (Phi) is 3.26. The van der Waals surface area contributed by atoms with E-state index < -0.39 is 35.1 Å². The van der Waals surface area contributed by atoms with E-state index in [1.54, 1.807) is 0 Å². The van der Waals surface area contributed by atoms with Gasteiger partial charge < -0.3 is 16.2 Å². The van der Waals surface area contributed by atoms with Crippen molar-refractivity contribution in [3.8, 4) is 5.75 Å². The summed E-state index contributed by atoms with van der Waals surface area (Å²) in [6, 6.07) is 3.16. The van der Waals surface area contributed by atoms with Gasteiger partial charge in [0.15, 0.2) is 5.75 Å². The molecular formula is C9H7F3N2O3. The average molecular weight is 248 g/mol. The second-order valence-electron chi connectivity index (χ2n) is 2.96. The molecule has 0 aliphatic carbocycles. The highest BCUT2D eigenvalue weighted by Gasteiger charge is 2.34. The third-order valence-electron chi connectivity index (χ3n) is 1.76. The zero-order valence-corrected chi connectivity index (χ0v) is 8.25. The Balaban J connectivity index is 3.39. The van der Waals surface area contributed by atoms with Gasteiger partial charge in [0.25, 0.3) is 11.8 Å². The summed E-state index contributed by atoms with van der Waals surface area (Å²) in [4.78, 5) is 21.8. The van der Waals surface area contributed by atoms with Crippen molar-refractivity contribution < 1.29 is 27.5 Å². The van der Waals surface area contributed by atoms with E-state index >= 15 is 0 Å². The summed E-state index contributed by atoms with van der Waals surface area (Å²) in [6.07, 6.45) is -5.06. The molecule has 17 heavy (non-hydrogen) atoms. The number of hydrogen-bond acceptors (Lipinski definition) is 3. The van der Waals surface area contributed by atoms with Crippen molar-refractivity contribution in [2.45, 2.75) is 6.36 Å². The molecule has 0 heterocycles. The Morgan fingerprint density at radius 2 is 1.47 bits per heavy atom. The van der Waals surface area contributed by atoms with E-state index in [2.05, 4.69) is 4.74 Å². The lowest BCUT2D eigenvalue weighted by Crippen LogP contribution is -2.24. The fourth-order valence-corrected chi connectivity index (χ4v) is 1.15. The van der Waals surface area contributed by atoms with Crippen LogP contribution in [0.25, 0.3) is 0 Å². The second kappa shape index (κ2) is 4.32. The summed E-state index contributed by atoms with van der Waals surface area (Å²) in [5.74, 6) is -3.31. The summed E-state index contributed by atoms with van der Waals surface area (Å²) < 4.78 is 39.9. The number of halogens is 3. The minimum Gasteiger partial charge on any atom is -0.404 e. The molecule has 0 aliphatic rings. The van der Waals surface area contributed by atoms with Crippen molar-refractivity contribution in [3.05, 3.63) is 29.3 Å². The molecule has 0 saturated heterocycles. The van der Waals surface area contributed by atoms with Gasteiger partial charge in [0.2, 0.25) is 0 Å². The molecule has 1 rings (SSSR count). The molecule has 5 nitrogen and oxygen atoms in total. The minimum atomic E-state index is -5.06. The number of para-hydroxylation sites is 1. The number of amides is 2. The fraction of sp³-hybridized carbons (Fsp3) is 0.111. The number of ether oxygens (including phenoxy) is 1. The first-order chi connectivity index (χ1) is 7.72. The van der Waals surface area contributed by atoms with Gasteiger partial charge in [0.1, 0.15) is 0 Å². The van der Waals surface area contributed by atoms with Crippen LogP contribution in [0.5, 0.6) is 5.75 Å². The zero-order valence-electron chi connectivity index (χ0n) is 8.25. The molecule has 0 radical (unpaired) electrons. The van der Waals surface area contributed by atoms with Crippen LogP contribution in [0.3, 0.4) is 0 Å². The molecule has 2 amide bonds. The van der Waals surface area contributed by atoms with Gasteiger partial charge in [-0.15, -0.1) is 13.2 Å². The monoisotopic (exact) mass is 248 g/mol. The van der Waals surface area contributed by atoms with E-state index in [0.717, 1.165) is 12.1 Å². The van der Waals surface area contributed by atoms with E-state index in [9.17, 15) is 22.8 Å². The molecule has 1 aromatic rings. The van der Waals surface area contributed by atoms with Gasteiger partial charge in [-0.3, -0.25) is 9.59 Å². The van der Waals surface area contributed by atoms with Crippen molar-refractivity contribution in [1.82, 2.24) is 0 Å². The number of rotatable bonds is 3. The number of benzene rings is 1. The first kappa shape index (κ1) is 12.8. The quantitative estimate of drug-likeness (QED) is 0.827. The topological polar surface area (TPSA) is 95.4 Å². The van der Waals surface area contributed by atoms with Gasteiger partial charge in [-0.2, -0.15) is 0 Å². The molecule has 1 aromatic carbocycles. The van der Waals surface area contributed by atoms with Crippen LogP contribution in [-0.2, 0) is 0 Å². The van der Waals surface area contributed by atoms with Gasteiger partial charge >= 0.3 is 6.36 Å². The van der Waals surface area contributed by atoms with Crippen molar-refractivity contribution in [2.24, 2.45) is 11.5 Å². The molecule has 0 aromatic heterocycles. The Morgan fingerprint density at radius 1 is 1.06 bits per heavy atom. The highest BCUT2D eigenvalue weighted by atomic mass is 19.4. The molecular weight excluding hydrogens is 241 g/mol. The lowest BCUT2D eigenvalue weighted by Gasteiger charge is -2.14. The fourth-order valence-electron chi connectivity index (χ4n) is 1.15. The summed E-state index contributed by atoms with van der Waals surface area (Å²) in [6.45, 7) is 0. The maximum Gasteiger partial charge on any atom is 0.573 e. The third kappa shape index (κ3) is 3.10. The Morgan fingerprint density at radius 3 is 1.76 bits per heavy atom. The molecule has 4 N–H and O–H groups in total. The van der Waals surface area contributed by atoms with E-state index in [0.29, 0.717) is 0 Å². The maximum absolute atomic E-state index is 12.1. The van der Waals surface area contributed by atoms with Gasteiger partial charge in [0.05, 0.1) is 11.1 Å². The molecule has 0 spiro atoms. The van der Waals surface area contributed by atoms with Crippen LogP contribution in [0.2, 0.25) is 0 Å². The van der Waals surface area contributed by atoms with E-state index in [1.807, 2.05) is 0 Å². The van der Waals surface area contributed by atoms with E-state index in [4.69, 9.17) is 11.5 Å². The van der Waals surface area contributed by atoms with Crippen LogP contribution < -0.4 is 16.2 Å². The molecule has 0 saturated carbocycles. The lowest BCUT2D eigenvalue weighted by atomic mass is 10.1. The average Bonchev–Trinajstić information content (AvgIpc) is 2.14. The first-order valence-electron chi connectivity index (χ1n) is 4.20. The molecule has 92 valence electrons. The van der Waals surface area contributed by atoms with E-state index in [1.165, 1.54) is 6.07 Å². The van der Waals surface area contributed by atoms with Gasteiger partial charge in [-0.25, -0.2) is 0 Å². The lowest BCUT2D eigenvalue weighted by molar-refractivity contribution is -0.274. The number of carbonyl (C=O) groups excluding carboxylic acids is 2. The largest absolute Gasteiger partial charge is 0.573 e. The van der Waals surface area contributed by atoms with Gasteiger partial charge in [0, 0.05) is 0 Å². The van der Waals surface area contributed by atoms with Crippen LogP contribution in [0.15, 0.2) is 18.2 Å². The third-order valence-corrected chi connectivity index (χ3v) is 1.76. The summed E-state index contributed by atoms with van der Waals surface area (Å²) in [5, 5.41) is 0. The van der Waals surface area contributed by atoms with Crippen LogP contribution in [0.4, 0.5) is 13.2 Å². The number of carbonyl (C=O) groups is 2. The van der Waals surface area contributed by atoms with Crippen molar-refractivity contribution >= 4 is 11.8 Å². The Bertz CT molecular complexity index is 439. The summed E-state index contributed by atoms with van der Waals surface area (Å²) >= 11 is 0. The Labute approximate surface area is 93.1 Å². The zero-order chi connectivity index (χ0) is 13.2. The summed E-state index contributed by atoms with van der Waals surface area (Å²) in [5.41, 5.74) is 8.59. The molecule has 0 bridgehead atoms. The number of alkyl halides is 3. The van der Waals surface area contributed by atoms with Gasteiger partial charge in [-0.05, 0) is 12.1 Å². The highest BCUT2D eigenvalue weighted by molar-refractivity contribution is 6.02. The first-order valence-corrected chi connectivity index (χ1v) is 4.20. The smallest absolute Gasteiger partial charge is 0.404 e. The Hall–Kier alpha value is -2.25. The maximum atomic E-state index is 12.1. The minimum absolute atomic E-state index is 0.571. The molecule has 0 unspecified atom stereocenters. The van der Waals surface area contributed by atoms with Gasteiger partial charge in [-0.1, -0.05) is 6.07 Å². The SMILES string of the molecule is NC(=O)c1cccc(C(N)=O)c1OC(F)(F)F. The van der Waals surface area contributed by atoms with Crippen molar-refractivity contribution in [2.75, 3.05) is 0 Å². The molecule has 0 fully saturated rings. The van der Waals surface area contributed by atoms with Crippen molar-refractivity contribution in [1.29, 1.82) is 0 Å². The predicted molar refractivity (Wildman–Crippen MR) is 50.2 cm³/mol. The van der Waals surface area contributed by atoms with Crippen LogP contribution >= 0.6 is 0 Å². The second-order valence-corrected chi connectivity index (χ2v) is 2.96. The molecule has 0 aliphatic heterocycles. The van der Waals surface area contributed by atoms with E-state index in [-0.39, 0.29) is 0 Å². The number of primary amides is 2. The normalized spacial score (nSPS) is 11.0. The number of hydrogen-bond donors (Lipinski definition) is 2. The van der Waals surface area contributed by atoms with Crippen LogP contribution in [-0.4, -0.2) is 18.2 Å². The van der Waals surface area contributed by atoms with Crippen LogP contribution in [0, 0.1) is 0 Å². The molecule has 0 atom stereocenters. The highest BCUT2D eigenvalue weighted by Crippen LogP contribution is 2.29. The standard InChI is InChI=1S/C9H7F3N2O3/c10-9(11,12)17-6-4(7(13)15)2-1-3-5(6)8(14)16/h1-3H,(H2,13,15)(H2,14,16). The number of nitrogens with two attached hydrogens (primary N) is 2. The molecule has 8 heteroatoms. The summed E-state index contributed by atoms with van der Waals surface area (Å²) in [7, 11) is 0. The van der Waals surface area contributed by atoms with Crippen molar-refractivity contribution in [3.63, 3.8) is 0 Å². The van der Waals surface area contributed by atoms with Crippen LogP contribution in [0.1, 0.15) is 20.7 Å².